The molecule has 29 heavy (non-hydrogen) atoms. The highest BCUT2D eigenvalue weighted by Gasteiger charge is 2.49. The maximum absolute atomic E-state index is 12.8. The van der Waals surface area contributed by atoms with Crippen LogP contribution in [0.2, 0.25) is 0 Å². The van der Waals surface area contributed by atoms with E-state index in [2.05, 4.69) is 29.6 Å². The van der Waals surface area contributed by atoms with Crippen molar-refractivity contribution < 1.29 is 14.3 Å². The van der Waals surface area contributed by atoms with Gasteiger partial charge in [-0.05, 0) is 61.4 Å². The second kappa shape index (κ2) is 8.68. The van der Waals surface area contributed by atoms with Crippen LogP contribution < -0.4 is 10.1 Å². The normalized spacial score (nSPS) is 21.5. The van der Waals surface area contributed by atoms with Crippen LogP contribution in [0.25, 0.3) is 0 Å². The topological polar surface area (TPSA) is 58.6 Å². The summed E-state index contributed by atoms with van der Waals surface area (Å²) in [5.41, 5.74) is 2.10. The zero-order valence-electron chi connectivity index (χ0n) is 16.8. The molecule has 152 valence electrons. The Labute approximate surface area is 172 Å². The van der Waals surface area contributed by atoms with Crippen LogP contribution in [0.4, 0.5) is 5.69 Å². The summed E-state index contributed by atoms with van der Waals surface area (Å²) in [4.78, 5) is 27.2. The molecule has 2 aromatic rings. The van der Waals surface area contributed by atoms with E-state index in [9.17, 15) is 9.59 Å². The number of methoxy groups -OCH3 is 1. The largest absolute Gasteiger partial charge is 0.497 e. The van der Waals surface area contributed by atoms with Crippen LogP contribution in [0.3, 0.4) is 0 Å². The summed E-state index contributed by atoms with van der Waals surface area (Å²) in [5.74, 6) is 1.11. The average molecular weight is 392 g/mol. The highest BCUT2D eigenvalue weighted by Crippen LogP contribution is 2.41. The molecule has 2 aliphatic rings. The molecule has 2 fully saturated rings. The van der Waals surface area contributed by atoms with Crippen LogP contribution in [0.15, 0.2) is 54.6 Å². The maximum Gasteiger partial charge on any atom is 0.228 e. The molecule has 5 nitrogen and oxygen atoms in total. The minimum atomic E-state index is -0.202. The average Bonchev–Trinajstić information content (AvgIpc) is 3.56. The molecule has 1 heterocycles. The van der Waals surface area contributed by atoms with E-state index in [-0.39, 0.29) is 23.7 Å². The second-order valence-electron chi connectivity index (χ2n) is 8.12. The van der Waals surface area contributed by atoms with Crippen LogP contribution in [-0.4, -0.2) is 36.9 Å². The second-order valence-corrected chi connectivity index (χ2v) is 8.12. The third kappa shape index (κ3) is 4.78. The number of likely N-dealkylation sites (tertiary alicyclic amines) is 1. The number of amides is 2. The van der Waals surface area contributed by atoms with E-state index in [0.717, 1.165) is 43.8 Å². The number of ether oxygens (including phenoxy) is 1. The van der Waals surface area contributed by atoms with E-state index in [0.29, 0.717) is 12.3 Å². The van der Waals surface area contributed by atoms with Crippen molar-refractivity contribution >= 4 is 17.5 Å². The lowest BCUT2D eigenvalue weighted by molar-refractivity contribution is -0.135. The molecule has 0 aromatic heterocycles. The van der Waals surface area contributed by atoms with Gasteiger partial charge < -0.3 is 15.0 Å². The molecule has 2 atom stereocenters. The van der Waals surface area contributed by atoms with E-state index >= 15 is 0 Å². The lowest BCUT2D eigenvalue weighted by atomic mass is 9.90. The molecule has 1 saturated carbocycles. The molecular formula is C24H28N2O3. The van der Waals surface area contributed by atoms with E-state index in [1.54, 1.807) is 7.11 Å². The molecule has 2 aromatic carbocycles. The summed E-state index contributed by atoms with van der Waals surface area (Å²) >= 11 is 0. The van der Waals surface area contributed by atoms with Gasteiger partial charge in [-0.2, -0.15) is 0 Å². The van der Waals surface area contributed by atoms with Crippen LogP contribution >= 0.6 is 0 Å². The molecule has 0 spiro atoms. The molecule has 0 radical (unpaired) electrons. The third-order valence-corrected chi connectivity index (χ3v) is 6.10. The van der Waals surface area contributed by atoms with E-state index < -0.39 is 0 Å². The smallest absolute Gasteiger partial charge is 0.228 e. The Bertz CT molecular complexity index is 842. The Balaban J connectivity index is 1.23. The van der Waals surface area contributed by atoms with E-state index in [1.807, 2.05) is 35.2 Å². The van der Waals surface area contributed by atoms with Gasteiger partial charge in [0.25, 0.3) is 0 Å². The van der Waals surface area contributed by atoms with Gasteiger partial charge in [0.15, 0.2) is 0 Å². The van der Waals surface area contributed by atoms with Gasteiger partial charge in [0.05, 0.1) is 18.9 Å². The number of piperidine rings is 1. The van der Waals surface area contributed by atoms with Crippen molar-refractivity contribution in [2.24, 2.45) is 17.8 Å². The summed E-state index contributed by atoms with van der Waals surface area (Å²) in [6.07, 6.45) is 3.82. The fourth-order valence-corrected chi connectivity index (χ4v) is 4.21. The summed E-state index contributed by atoms with van der Waals surface area (Å²) in [6.45, 7) is 1.61. The first-order valence-electron chi connectivity index (χ1n) is 10.4. The monoisotopic (exact) mass is 392 g/mol. The van der Waals surface area contributed by atoms with Crippen molar-refractivity contribution in [3.63, 3.8) is 0 Å². The lowest BCUT2D eigenvalue weighted by Gasteiger charge is -2.32. The van der Waals surface area contributed by atoms with Crippen LogP contribution in [0, 0.1) is 17.8 Å². The van der Waals surface area contributed by atoms with Crippen molar-refractivity contribution in [1.29, 1.82) is 0 Å². The predicted molar refractivity (Wildman–Crippen MR) is 113 cm³/mol. The Kier molecular flexibility index (Phi) is 5.84. The number of carbonyl (C=O) groups excluding carboxylic acids is 2. The fourth-order valence-electron chi connectivity index (χ4n) is 4.21. The number of benzene rings is 2. The van der Waals surface area contributed by atoms with Crippen molar-refractivity contribution in [3.8, 4) is 5.75 Å². The molecule has 5 heteroatoms. The minimum Gasteiger partial charge on any atom is -0.497 e. The van der Waals surface area contributed by atoms with Gasteiger partial charge in [-0.1, -0.05) is 30.3 Å². The molecule has 1 aliphatic heterocycles. The van der Waals surface area contributed by atoms with Gasteiger partial charge in [0.1, 0.15) is 5.75 Å². The van der Waals surface area contributed by atoms with Gasteiger partial charge >= 0.3 is 0 Å². The number of carbonyl (C=O) groups is 2. The van der Waals surface area contributed by atoms with Crippen LogP contribution in [0.1, 0.15) is 24.8 Å². The number of hydrogen-bond acceptors (Lipinski definition) is 3. The van der Waals surface area contributed by atoms with Crippen molar-refractivity contribution in [2.45, 2.75) is 25.7 Å². The standard InChI is InChI=1S/C24H28N2O3/c1-29-20-9-7-19(8-10-20)25-23(27)21-16-22(21)24(28)26-13-11-18(12-14-26)15-17-5-3-2-4-6-17/h2-10,18,21-22H,11-16H2,1H3,(H,25,27). The van der Waals surface area contributed by atoms with Gasteiger partial charge in [-0.3, -0.25) is 9.59 Å². The fraction of sp³-hybridized carbons (Fsp3) is 0.417. The Morgan fingerprint density at radius 3 is 2.34 bits per heavy atom. The van der Waals surface area contributed by atoms with Gasteiger partial charge in [0, 0.05) is 18.8 Å². The first-order valence-corrected chi connectivity index (χ1v) is 10.4. The van der Waals surface area contributed by atoms with Crippen molar-refractivity contribution in [1.82, 2.24) is 4.90 Å². The van der Waals surface area contributed by atoms with E-state index in [4.69, 9.17) is 4.74 Å². The molecule has 2 unspecified atom stereocenters. The molecule has 4 rings (SSSR count). The highest BCUT2D eigenvalue weighted by atomic mass is 16.5. The van der Waals surface area contributed by atoms with Crippen LogP contribution in [0.5, 0.6) is 5.75 Å². The number of nitrogens with zero attached hydrogens (tertiary/aromatic N) is 1. The highest BCUT2D eigenvalue weighted by molar-refractivity contribution is 5.99. The zero-order valence-corrected chi connectivity index (χ0v) is 16.8. The number of hydrogen-bond donors (Lipinski definition) is 1. The number of nitrogens with one attached hydrogen (secondary N) is 1. The first-order chi connectivity index (χ1) is 14.1. The van der Waals surface area contributed by atoms with Crippen molar-refractivity contribution in [3.05, 3.63) is 60.2 Å². The summed E-state index contributed by atoms with van der Waals surface area (Å²) in [5, 5.41) is 2.91. The number of rotatable bonds is 6. The van der Waals surface area contributed by atoms with Crippen molar-refractivity contribution in [2.75, 3.05) is 25.5 Å². The molecule has 1 N–H and O–H groups in total. The summed E-state index contributed by atoms with van der Waals surface area (Å²) in [7, 11) is 1.61. The minimum absolute atomic E-state index is 0.0625. The quantitative estimate of drug-likeness (QED) is 0.815. The van der Waals surface area contributed by atoms with Crippen LogP contribution in [-0.2, 0) is 16.0 Å². The van der Waals surface area contributed by atoms with Gasteiger partial charge in [-0.25, -0.2) is 0 Å². The van der Waals surface area contributed by atoms with Gasteiger partial charge in [0.2, 0.25) is 11.8 Å². The molecular weight excluding hydrogens is 364 g/mol. The zero-order chi connectivity index (χ0) is 20.2. The first kappa shape index (κ1) is 19.5. The molecule has 2 amide bonds. The van der Waals surface area contributed by atoms with E-state index in [1.165, 1.54) is 5.56 Å². The summed E-state index contributed by atoms with van der Waals surface area (Å²) < 4.78 is 5.13. The summed E-state index contributed by atoms with van der Waals surface area (Å²) in [6, 6.07) is 17.8. The molecule has 0 bridgehead atoms. The lowest BCUT2D eigenvalue weighted by Crippen LogP contribution is -2.40. The third-order valence-electron chi connectivity index (χ3n) is 6.10. The predicted octanol–water partition coefficient (Wildman–Crippen LogP) is 3.75. The molecule has 1 aliphatic carbocycles. The maximum atomic E-state index is 12.8. The molecule has 1 saturated heterocycles. The Morgan fingerprint density at radius 1 is 1.00 bits per heavy atom. The Morgan fingerprint density at radius 2 is 1.69 bits per heavy atom. The Hall–Kier alpha value is -2.82. The SMILES string of the molecule is COc1ccc(NC(=O)C2CC2C(=O)N2CCC(Cc3ccccc3)CC2)cc1. The number of anilines is 1. The van der Waals surface area contributed by atoms with Gasteiger partial charge in [-0.15, -0.1) is 0 Å².